The third kappa shape index (κ3) is 4.59. The SMILES string of the molecule is Cc1nc(-c2ccc(CCNC(=O)CN3C(=O)NC(C)(c4ccc5ccccc5c4)C3=O)cc2)cs1. The number of hydrogen-bond acceptors (Lipinski definition) is 5. The number of carbonyl (C=O) groups excluding carboxylic acids is 3. The molecule has 1 aliphatic rings. The molecule has 182 valence electrons. The maximum absolute atomic E-state index is 13.2. The lowest BCUT2D eigenvalue weighted by Crippen LogP contribution is -2.43. The molecule has 1 aliphatic heterocycles. The van der Waals surface area contributed by atoms with E-state index in [2.05, 4.69) is 15.6 Å². The summed E-state index contributed by atoms with van der Waals surface area (Å²) in [6.07, 6.45) is 0.636. The van der Waals surface area contributed by atoms with E-state index in [0.29, 0.717) is 18.5 Å². The number of carbonyl (C=O) groups is 3. The van der Waals surface area contributed by atoms with Crippen LogP contribution in [0, 0.1) is 6.92 Å². The van der Waals surface area contributed by atoms with Gasteiger partial charge in [0.05, 0.1) is 10.7 Å². The van der Waals surface area contributed by atoms with Crippen LogP contribution in [0.3, 0.4) is 0 Å². The Balaban J connectivity index is 1.18. The molecular formula is C28H26N4O3S. The number of aromatic nitrogens is 1. The lowest BCUT2D eigenvalue weighted by atomic mass is 9.90. The van der Waals surface area contributed by atoms with Crippen molar-refractivity contribution in [2.75, 3.05) is 13.1 Å². The van der Waals surface area contributed by atoms with Gasteiger partial charge in [-0.3, -0.25) is 14.5 Å². The molecule has 0 saturated carbocycles. The topological polar surface area (TPSA) is 91.4 Å². The molecule has 0 radical (unpaired) electrons. The van der Waals surface area contributed by atoms with Crippen LogP contribution in [0.25, 0.3) is 22.0 Å². The van der Waals surface area contributed by atoms with Crippen LogP contribution in [0.15, 0.2) is 72.1 Å². The molecule has 7 nitrogen and oxygen atoms in total. The zero-order valence-electron chi connectivity index (χ0n) is 20.1. The smallest absolute Gasteiger partial charge is 0.325 e. The van der Waals surface area contributed by atoms with Crippen LogP contribution in [0.1, 0.15) is 23.1 Å². The average Bonchev–Trinajstić information content (AvgIpc) is 3.41. The fourth-order valence-electron chi connectivity index (χ4n) is 4.42. The van der Waals surface area contributed by atoms with Crippen LogP contribution in [0.4, 0.5) is 4.79 Å². The van der Waals surface area contributed by atoms with E-state index >= 15 is 0 Å². The number of aryl methyl sites for hydroxylation is 1. The molecule has 36 heavy (non-hydrogen) atoms. The number of nitrogens with one attached hydrogen (secondary N) is 2. The summed E-state index contributed by atoms with van der Waals surface area (Å²) in [4.78, 5) is 43.9. The second-order valence-corrected chi connectivity index (χ2v) is 10.1. The number of thiazole rings is 1. The quantitative estimate of drug-likeness (QED) is 0.370. The Hall–Kier alpha value is -4.04. The van der Waals surface area contributed by atoms with Crippen molar-refractivity contribution in [3.8, 4) is 11.3 Å². The van der Waals surface area contributed by atoms with E-state index in [1.54, 1.807) is 18.3 Å². The molecule has 0 aliphatic carbocycles. The van der Waals surface area contributed by atoms with Gasteiger partial charge in [-0.15, -0.1) is 11.3 Å². The van der Waals surface area contributed by atoms with Gasteiger partial charge in [-0.25, -0.2) is 9.78 Å². The zero-order chi connectivity index (χ0) is 25.3. The van der Waals surface area contributed by atoms with Gasteiger partial charge in [-0.1, -0.05) is 60.7 Å². The predicted octanol–water partition coefficient (Wildman–Crippen LogP) is 4.40. The summed E-state index contributed by atoms with van der Waals surface area (Å²) in [6, 6.07) is 21.0. The van der Waals surface area contributed by atoms with E-state index in [9.17, 15) is 14.4 Å². The zero-order valence-corrected chi connectivity index (χ0v) is 20.9. The molecule has 1 atom stereocenters. The first-order valence-corrected chi connectivity index (χ1v) is 12.6. The van der Waals surface area contributed by atoms with Crippen LogP contribution in [-0.2, 0) is 21.5 Å². The summed E-state index contributed by atoms with van der Waals surface area (Å²) in [7, 11) is 0. The van der Waals surface area contributed by atoms with E-state index in [1.807, 2.05) is 79.0 Å². The number of fused-ring (bicyclic) bond motifs is 1. The maximum atomic E-state index is 13.2. The number of urea groups is 1. The Bertz CT molecular complexity index is 1460. The van der Waals surface area contributed by atoms with E-state index < -0.39 is 17.5 Å². The molecule has 4 aromatic rings. The van der Waals surface area contributed by atoms with E-state index in [1.165, 1.54) is 0 Å². The van der Waals surface area contributed by atoms with Crippen molar-refractivity contribution in [2.45, 2.75) is 25.8 Å². The minimum Gasteiger partial charge on any atom is -0.354 e. The van der Waals surface area contributed by atoms with Gasteiger partial charge in [0, 0.05) is 17.5 Å². The second kappa shape index (κ2) is 9.54. The van der Waals surface area contributed by atoms with Crippen LogP contribution in [-0.4, -0.2) is 40.8 Å². The molecule has 3 aromatic carbocycles. The minimum absolute atomic E-state index is 0.323. The standard InChI is InChI=1S/C28H26N4O3S/c1-18-30-24(17-36-18)21-9-7-19(8-10-21)13-14-29-25(33)16-32-26(34)28(2,31-27(32)35)23-12-11-20-5-3-4-6-22(20)15-23/h3-12,15,17H,13-14,16H2,1-2H3,(H,29,33)(H,31,35). The highest BCUT2D eigenvalue weighted by Crippen LogP contribution is 2.31. The molecule has 0 bridgehead atoms. The van der Waals surface area contributed by atoms with E-state index in [4.69, 9.17) is 0 Å². The number of rotatable bonds is 7. The fraction of sp³-hybridized carbons (Fsp3) is 0.214. The summed E-state index contributed by atoms with van der Waals surface area (Å²) >= 11 is 1.62. The van der Waals surface area contributed by atoms with Crippen LogP contribution in [0.5, 0.6) is 0 Å². The van der Waals surface area contributed by atoms with Gasteiger partial charge in [-0.2, -0.15) is 0 Å². The van der Waals surface area contributed by atoms with Crippen LogP contribution in [0.2, 0.25) is 0 Å². The number of nitrogens with zero attached hydrogens (tertiary/aromatic N) is 2. The first-order valence-electron chi connectivity index (χ1n) is 11.7. The van der Waals surface area contributed by atoms with Crippen molar-refractivity contribution in [3.05, 3.63) is 88.2 Å². The third-order valence-corrected chi connectivity index (χ3v) is 7.28. The molecule has 4 amide bonds. The Morgan fingerprint density at radius 3 is 2.53 bits per heavy atom. The summed E-state index contributed by atoms with van der Waals surface area (Å²) in [6.45, 7) is 3.73. The van der Waals surface area contributed by atoms with Gasteiger partial charge >= 0.3 is 6.03 Å². The summed E-state index contributed by atoms with van der Waals surface area (Å²) in [5, 5.41) is 10.7. The average molecular weight is 499 g/mol. The predicted molar refractivity (Wildman–Crippen MR) is 141 cm³/mol. The lowest BCUT2D eigenvalue weighted by molar-refractivity contribution is -0.134. The summed E-state index contributed by atoms with van der Waals surface area (Å²) < 4.78 is 0. The van der Waals surface area contributed by atoms with Crippen LogP contribution < -0.4 is 10.6 Å². The Morgan fingerprint density at radius 2 is 1.81 bits per heavy atom. The van der Waals surface area contributed by atoms with Gasteiger partial charge in [-0.05, 0) is 48.2 Å². The van der Waals surface area contributed by atoms with Gasteiger partial charge < -0.3 is 10.6 Å². The van der Waals surface area contributed by atoms with E-state index in [-0.39, 0.29) is 12.5 Å². The van der Waals surface area contributed by atoms with Crippen molar-refractivity contribution in [2.24, 2.45) is 0 Å². The van der Waals surface area contributed by atoms with Gasteiger partial charge in [0.25, 0.3) is 5.91 Å². The van der Waals surface area contributed by atoms with Gasteiger partial charge in [0.2, 0.25) is 5.91 Å². The van der Waals surface area contributed by atoms with Crippen molar-refractivity contribution >= 4 is 40.0 Å². The first-order chi connectivity index (χ1) is 17.3. The van der Waals surface area contributed by atoms with Crippen molar-refractivity contribution < 1.29 is 14.4 Å². The van der Waals surface area contributed by atoms with E-state index in [0.717, 1.165) is 37.5 Å². The van der Waals surface area contributed by atoms with Gasteiger partial charge in [0.15, 0.2) is 0 Å². The fourth-order valence-corrected chi connectivity index (χ4v) is 5.04. The molecule has 1 saturated heterocycles. The molecule has 2 N–H and O–H groups in total. The third-order valence-electron chi connectivity index (χ3n) is 6.51. The molecule has 2 heterocycles. The highest BCUT2D eigenvalue weighted by Gasteiger charge is 2.49. The van der Waals surface area contributed by atoms with Crippen molar-refractivity contribution in [1.29, 1.82) is 0 Å². The number of benzene rings is 3. The lowest BCUT2D eigenvalue weighted by Gasteiger charge is -2.22. The van der Waals surface area contributed by atoms with Crippen LogP contribution >= 0.6 is 11.3 Å². The highest BCUT2D eigenvalue weighted by atomic mass is 32.1. The number of amides is 4. The normalized spacial score (nSPS) is 17.4. The summed E-state index contributed by atoms with van der Waals surface area (Å²) in [5.74, 6) is -0.818. The number of hydrogen-bond donors (Lipinski definition) is 2. The molecule has 0 spiro atoms. The summed E-state index contributed by atoms with van der Waals surface area (Å²) in [5.41, 5.74) is 2.55. The Morgan fingerprint density at radius 1 is 1.06 bits per heavy atom. The largest absolute Gasteiger partial charge is 0.354 e. The molecule has 5 rings (SSSR count). The monoisotopic (exact) mass is 498 g/mol. The molecule has 1 unspecified atom stereocenters. The Labute approximate surface area is 213 Å². The molecular weight excluding hydrogens is 472 g/mol. The minimum atomic E-state index is -1.22. The number of imide groups is 1. The Kier molecular flexibility index (Phi) is 6.28. The van der Waals surface area contributed by atoms with Crippen molar-refractivity contribution in [1.82, 2.24) is 20.5 Å². The molecule has 1 fully saturated rings. The molecule has 1 aromatic heterocycles. The highest BCUT2D eigenvalue weighted by molar-refractivity contribution is 7.09. The van der Waals surface area contributed by atoms with Crippen molar-refractivity contribution in [3.63, 3.8) is 0 Å². The first kappa shape index (κ1) is 23.7. The van der Waals surface area contributed by atoms with Gasteiger partial charge in [0.1, 0.15) is 12.1 Å². The second-order valence-electron chi connectivity index (χ2n) is 9.06. The maximum Gasteiger partial charge on any atom is 0.325 e. The molecule has 8 heteroatoms.